The van der Waals surface area contributed by atoms with Crippen LogP contribution in [-0.4, -0.2) is 30.9 Å². The third-order valence-electron chi connectivity index (χ3n) is 1.01. The molecule has 0 unspecified atom stereocenters. The van der Waals surface area contributed by atoms with E-state index in [0.717, 1.165) is 0 Å². The first kappa shape index (κ1) is 6.35. The Balaban J connectivity index is 2.31. The molecular weight excluding hydrogens is 122 g/mol. The largest absolute Gasteiger partial charge is 0.446 e. The van der Waals surface area contributed by atoms with Crippen molar-refractivity contribution in [1.29, 1.82) is 0 Å². The monoisotopic (exact) mass is 131 g/mol. The van der Waals surface area contributed by atoms with Gasteiger partial charge in [-0.25, -0.2) is 4.79 Å². The zero-order valence-electron chi connectivity index (χ0n) is 5.29. The number of ether oxygens (including phenoxy) is 1. The first-order valence-corrected chi connectivity index (χ1v) is 2.92. The summed E-state index contributed by atoms with van der Waals surface area (Å²) in [6, 6.07) is 0. The van der Waals surface area contributed by atoms with Gasteiger partial charge in [-0.15, -0.1) is 0 Å². The van der Waals surface area contributed by atoms with Crippen molar-refractivity contribution in [2.75, 3.05) is 19.8 Å². The Bertz CT molecular complexity index is 115. The Morgan fingerprint density at radius 3 is 3.11 bits per heavy atom. The number of hydrogen-bond acceptors (Lipinski definition) is 3. The van der Waals surface area contributed by atoms with Gasteiger partial charge in [-0.3, -0.25) is 4.84 Å². The van der Waals surface area contributed by atoms with Crippen LogP contribution >= 0.6 is 0 Å². The molecule has 0 aromatic rings. The normalized spacial score (nSPS) is 18.3. The average molecular weight is 131 g/mol. The molecular formula is C5H9NO3. The van der Waals surface area contributed by atoms with Crippen LogP contribution in [0, 0.1) is 0 Å². The van der Waals surface area contributed by atoms with Crippen LogP contribution in [0.5, 0.6) is 0 Å². The van der Waals surface area contributed by atoms with Crippen LogP contribution in [0.2, 0.25) is 0 Å². The van der Waals surface area contributed by atoms with Crippen LogP contribution < -0.4 is 0 Å². The minimum absolute atomic E-state index is 0.378. The fourth-order valence-corrected chi connectivity index (χ4v) is 0.652. The number of carbonyl (C=O) groups excluding carboxylic acids is 1. The van der Waals surface area contributed by atoms with E-state index in [1.807, 2.05) is 6.92 Å². The van der Waals surface area contributed by atoms with Crippen LogP contribution in [0.3, 0.4) is 0 Å². The van der Waals surface area contributed by atoms with Gasteiger partial charge in [0.05, 0.1) is 13.2 Å². The minimum Gasteiger partial charge on any atom is -0.446 e. The number of carbonyl (C=O) groups is 1. The molecule has 9 heavy (non-hydrogen) atoms. The molecule has 1 aliphatic heterocycles. The molecule has 0 aliphatic carbocycles. The van der Waals surface area contributed by atoms with E-state index in [4.69, 9.17) is 4.84 Å². The summed E-state index contributed by atoms with van der Waals surface area (Å²) < 4.78 is 4.58. The summed E-state index contributed by atoms with van der Waals surface area (Å²) in [5, 5.41) is 1.22. The highest BCUT2D eigenvalue weighted by Gasteiger charge is 2.21. The second-order valence-electron chi connectivity index (χ2n) is 1.63. The van der Waals surface area contributed by atoms with Crippen molar-refractivity contribution in [2.24, 2.45) is 0 Å². The second-order valence-corrected chi connectivity index (χ2v) is 1.63. The fourth-order valence-electron chi connectivity index (χ4n) is 0.652. The van der Waals surface area contributed by atoms with Gasteiger partial charge in [0.1, 0.15) is 6.61 Å². The predicted molar refractivity (Wildman–Crippen MR) is 29.7 cm³/mol. The lowest BCUT2D eigenvalue weighted by molar-refractivity contribution is -0.102. The number of amides is 1. The Morgan fingerprint density at radius 2 is 2.67 bits per heavy atom. The van der Waals surface area contributed by atoms with Crippen molar-refractivity contribution in [1.82, 2.24) is 5.06 Å². The van der Waals surface area contributed by atoms with Crippen LogP contribution in [0.4, 0.5) is 4.79 Å². The summed E-state index contributed by atoms with van der Waals surface area (Å²) >= 11 is 0. The lowest BCUT2D eigenvalue weighted by Crippen LogP contribution is -2.24. The van der Waals surface area contributed by atoms with E-state index in [9.17, 15) is 4.79 Å². The van der Waals surface area contributed by atoms with Crippen molar-refractivity contribution in [3.63, 3.8) is 0 Å². The molecule has 0 radical (unpaired) electrons. The molecule has 1 saturated heterocycles. The molecule has 4 heteroatoms. The maximum absolute atomic E-state index is 10.5. The van der Waals surface area contributed by atoms with Crippen molar-refractivity contribution < 1.29 is 14.4 Å². The van der Waals surface area contributed by atoms with Gasteiger partial charge in [0.2, 0.25) is 0 Å². The van der Waals surface area contributed by atoms with Crippen molar-refractivity contribution in [3.8, 4) is 0 Å². The van der Waals surface area contributed by atoms with Crippen LogP contribution in [0.15, 0.2) is 0 Å². The Labute approximate surface area is 53.3 Å². The fraction of sp³-hybridized carbons (Fsp3) is 0.800. The Morgan fingerprint density at radius 1 is 1.89 bits per heavy atom. The molecule has 0 aromatic heterocycles. The summed E-state index contributed by atoms with van der Waals surface area (Å²) in [6.45, 7) is 3.33. The molecule has 0 N–H and O–H groups in total. The summed E-state index contributed by atoms with van der Waals surface area (Å²) in [5.41, 5.74) is 0. The van der Waals surface area contributed by atoms with Gasteiger partial charge < -0.3 is 4.74 Å². The van der Waals surface area contributed by atoms with Gasteiger partial charge >= 0.3 is 6.09 Å². The summed E-state index contributed by atoms with van der Waals surface area (Å²) in [7, 11) is 0. The Hall–Kier alpha value is -0.770. The molecule has 1 amide bonds. The first-order valence-electron chi connectivity index (χ1n) is 2.92. The number of hydroxylamine groups is 2. The van der Waals surface area contributed by atoms with Gasteiger partial charge in [-0.2, -0.15) is 5.06 Å². The summed E-state index contributed by atoms with van der Waals surface area (Å²) in [5.74, 6) is 0. The van der Waals surface area contributed by atoms with Crippen molar-refractivity contribution >= 4 is 6.09 Å². The van der Waals surface area contributed by atoms with Gasteiger partial charge in [-0.05, 0) is 6.92 Å². The SMILES string of the molecule is CCON1CCOC1=O. The van der Waals surface area contributed by atoms with Gasteiger partial charge in [0.15, 0.2) is 0 Å². The standard InChI is InChI=1S/C5H9NO3/c1-2-9-6-3-4-8-5(6)7/h2-4H2,1H3. The average Bonchev–Trinajstić information content (AvgIpc) is 2.18. The van der Waals surface area contributed by atoms with Crippen LogP contribution in [-0.2, 0) is 9.57 Å². The topological polar surface area (TPSA) is 38.8 Å². The lowest BCUT2D eigenvalue weighted by atomic mass is 10.7. The molecule has 0 bridgehead atoms. The predicted octanol–water partition coefficient (Wildman–Crippen LogP) is 0.390. The third-order valence-corrected chi connectivity index (χ3v) is 1.01. The number of rotatable bonds is 2. The van der Waals surface area contributed by atoms with E-state index < -0.39 is 0 Å². The lowest BCUT2D eigenvalue weighted by Gasteiger charge is -2.08. The van der Waals surface area contributed by atoms with Crippen molar-refractivity contribution in [2.45, 2.75) is 6.92 Å². The van der Waals surface area contributed by atoms with Gasteiger partial charge in [0.25, 0.3) is 0 Å². The van der Waals surface area contributed by atoms with Crippen LogP contribution in [0.25, 0.3) is 0 Å². The molecule has 0 aromatic carbocycles. The highest BCUT2D eigenvalue weighted by Crippen LogP contribution is 2.02. The molecule has 1 aliphatic rings. The maximum atomic E-state index is 10.5. The third kappa shape index (κ3) is 1.32. The molecule has 52 valence electrons. The molecule has 0 saturated carbocycles. The minimum atomic E-state index is -0.378. The highest BCUT2D eigenvalue weighted by molar-refractivity contribution is 5.67. The van der Waals surface area contributed by atoms with E-state index in [1.54, 1.807) is 0 Å². The number of nitrogens with zero attached hydrogens (tertiary/aromatic N) is 1. The Kier molecular flexibility index (Phi) is 1.89. The van der Waals surface area contributed by atoms with E-state index in [0.29, 0.717) is 19.8 Å². The molecule has 0 spiro atoms. The van der Waals surface area contributed by atoms with Gasteiger partial charge in [0, 0.05) is 0 Å². The summed E-state index contributed by atoms with van der Waals surface area (Å²) in [4.78, 5) is 15.4. The van der Waals surface area contributed by atoms with Gasteiger partial charge in [-0.1, -0.05) is 0 Å². The quantitative estimate of drug-likeness (QED) is 0.544. The maximum Gasteiger partial charge on any atom is 0.434 e. The molecule has 0 atom stereocenters. The zero-order chi connectivity index (χ0) is 6.69. The number of cyclic esters (lactones) is 1. The molecule has 1 rings (SSSR count). The number of hydrogen-bond donors (Lipinski definition) is 0. The van der Waals surface area contributed by atoms with E-state index in [2.05, 4.69) is 4.74 Å². The summed E-state index contributed by atoms with van der Waals surface area (Å²) in [6.07, 6.45) is -0.378. The van der Waals surface area contributed by atoms with E-state index in [-0.39, 0.29) is 6.09 Å². The second kappa shape index (κ2) is 2.68. The first-order chi connectivity index (χ1) is 4.34. The van der Waals surface area contributed by atoms with Crippen LogP contribution in [0.1, 0.15) is 6.92 Å². The highest BCUT2D eigenvalue weighted by atomic mass is 16.7. The molecule has 1 fully saturated rings. The van der Waals surface area contributed by atoms with Crippen molar-refractivity contribution in [3.05, 3.63) is 0 Å². The molecule has 1 heterocycles. The molecule has 4 nitrogen and oxygen atoms in total. The zero-order valence-corrected chi connectivity index (χ0v) is 5.29. The van der Waals surface area contributed by atoms with E-state index in [1.165, 1.54) is 5.06 Å². The van der Waals surface area contributed by atoms with E-state index >= 15 is 0 Å². The smallest absolute Gasteiger partial charge is 0.434 e.